The number of hydrogen-bond acceptors (Lipinski definition) is 4. The van der Waals surface area contributed by atoms with Crippen LogP contribution in [0.5, 0.6) is 0 Å². The third-order valence-electron chi connectivity index (χ3n) is 3.06. The van der Waals surface area contributed by atoms with Crippen LogP contribution in [-0.2, 0) is 6.54 Å². The van der Waals surface area contributed by atoms with Gasteiger partial charge in [-0.05, 0) is 42.7 Å². The molecule has 1 atom stereocenters. The van der Waals surface area contributed by atoms with Crippen LogP contribution < -0.4 is 5.32 Å². The Bertz CT molecular complexity index is 318. The molecule has 0 spiro atoms. The van der Waals surface area contributed by atoms with Crippen LogP contribution in [0.4, 0.5) is 0 Å². The molecule has 16 heavy (non-hydrogen) atoms. The van der Waals surface area contributed by atoms with Crippen LogP contribution in [0.1, 0.15) is 51.4 Å². The Morgan fingerprint density at radius 2 is 2.31 bits per heavy atom. The van der Waals surface area contributed by atoms with Crippen LogP contribution in [0.25, 0.3) is 0 Å². The molecule has 5 heteroatoms. The summed E-state index contributed by atoms with van der Waals surface area (Å²) in [5.41, 5.74) is 0. The first-order valence-electron chi connectivity index (χ1n) is 6.28. The van der Waals surface area contributed by atoms with Crippen molar-refractivity contribution in [2.24, 2.45) is 5.92 Å². The van der Waals surface area contributed by atoms with Crippen molar-refractivity contribution in [1.29, 1.82) is 0 Å². The second-order valence-corrected chi connectivity index (χ2v) is 4.74. The second-order valence-electron chi connectivity index (χ2n) is 4.74. The summed E-state index contributed by atoms with van der Waals surface area (Å²) in [5.74, 6) is 1.87. The number of nitrogens with zero attached hydrogens (tertiary/aromatic N) is 4. The lowest BCUT2D eigenvalue weighted by Crippen LogP contribution is -2.20. The van der Waals surface area contributed by atoms with E-state index in [1.807, 2.05) is 4.68 Å². The van der Waals surface area contributed by atoms with Crippen molar-refractivity contribution in [3.8, 4) is 0 Å². The Morgan fingerprint density at radius 3 is 3.00 bits per heavy atom. The lowest BCUT2D eigenvalue weighted by Gasteiger charge is -2.12. The molecule has 1 aromatic rings. The molecule has 0 saturated heterocycles. The van der Waals surface area contributed by atoms with Crippen molar-refractivity contribution in [3.05, 3.63) is 5.82 Å². The standard InChI is InChI=1S/C11H21N5/c1-3-6-12-8-11-13-14-15-16(11)9(2)7-10-4-5-10/h9-10,12H,3-8H2,1-2H3. The SMILES string of the molecule is CCCNCc1nnnn1C(C)CC1CC1. The highest BCUT2D eigenvalue weighted by atomic mass is 15.6. The number of tetrazole rings is 1. The van der Waals surface area contributed by atoms with Crippen molar-refractivity contribution < 1.29 is 0 Å². The molecule has 2 rings (SSSR count). The average Bonchev–Trinajstić information content (AvgIpc) is 2.95. The van der Waals surface area contributed by atoms with Crippen molar-refractivity contribution in [3.63, 3.8) is 0 Å². The highest BCUT2D eigenvalue weighted by Gasteiger charge is 2.25. The van der Waals surface area contributed by atoms with E-state index in [4.69, 9.17) is 0 Å². The van der Waals surface area contributed by atoms with Gasteiger partial charge in [0.1, 0.15) is 0 Å². The van der Waals surface area contributed by atoms with Gasteiger partial charge in [0, 0.05) is 0 Å². The molecule has 0 amide bonds. The Kier molecular flexibility index (Phi) is 3.88. The van der Waals surface area contributed by atoms with Crippen molar-refractivity contribution in [2.45, 2.75) is 52.1 Å². The van der Waals surface area contributed by atoms with Gasteiger partial charge in [-0.25, -0.2) is 4.68 Å². The molecule has 1 saturated carbocycles. The lowest BCUT2D eigenvalue weighted by molar-refractivity contribution is 0.408. The fourth-order valence-electron chi connectivity index (χ4n) is 1.98. The molecular weight excluding hydrogens is 202 g/mol. The van der Waals surface area contributed by atoms with Crippen molar-refractivity contribution in [2.75, 3.05) is 6.54 Å². The first-order chi connectivity index (χ1) is 7.81. The Hall–Kier alpha value is -0.970. The summed E-state index contributed by atoms with van der Waals surface area (Å²) >= 11 is 0. The molecule has 1 unspecified atom stereocenters. The zero-order valence-corrected chi connectivity index (χ0v) is 10.2. The first-order valence-corrected chi connectivity index (χ1v) is 6.28. The molecule has 5 nitrogen and oxygen atoms in total. The zero-order chi connectivity index (χ0) is 11.4. The smallest absolute Gasteiger partial charge is 0.165 e. The third-order valence-corrected chi connectivity index (χ3v) is 3.06. The van der Waals surface area contributed by atoms with Crippen LogP contribution >= 0.6 is 0 Å². The molecule has 1 aromatic heterocycles. The van der Waals surface area contributed by atoms with E-state index in [1.165, 1.54) is 19.3 Å². The predicted octanol–water partition coefficient (Wildman–Crippen LogP) is 1.53. The van der Waals surface area contributed by atoms with Gasteiger partial charge >= 0.3 is 0 Å². The largest absolute Gasteiger partial charge is 0.310 e. The normalized spacial score (nSPS) is 17.6. The molecular formula is C11H21N5. The number of rotatable bonds is 7. The van der Waals surface area contributed by atoms with E-state index in [2.05, 4.69) is 34.7 Å². The maximum atomic E-state index is 4.09. The maximum Gasteiger partial charge on any atom is 0.165 e. The van der Waals surface area contributed by atoms with Crippen LogP contribution in [0, 0.1) is 5.92 Å². The molecule has 1 heterocycles. The molecule has 1 aliphatic rings. The second kappa shape index (κ2) is 5.39. The minimum Gasteiger partial charge on any atom is -0.310 e. The van der Waals surface area contributed by atoms with Gasteiger partial charge in [-0.1, -0.05) is 19.8 Å². The molecule has 1 aliphatic carbocycles. The molecule has 0 aromatic carbocycles. The van der Waals surface area contributed by atoms with E-state index < -0.39 is 0 Å². The van der Waals surface area contributed by atoms with E-state index in [-0.39, 0.29) is 0 Å². The summed E-state index contributed by atoms with van der Waals surface area (Å²) in [7, 11) is 0. The lowest BCUT2D eigenvalue weighted by atomic mass is 10.1. The van der Waals surface area contributed by atoms with E-state index in [0.717, 1.165) is 31.3 Å². The topological polar surface area (TPSA) is 55.6 Å². The minimum atomic E-state index is 0.431. The van der Waals surface area contributed by atoms with Gasteiger partial charge in [0.2, 0.25) is 0 Å². The molecule has 1 fully saturated rings. The van der Waals surface area contributed by atoms with Crippen LogP contribution in [-0.4, -0.2) is 26.8 Å². The molecule has 0 radical (unpaired) electrons. The number of aromatic nitrogens is 4. The Morgan fingerprint density at radius 1 is 1.50 bits per heavy atom. The average molecular weight is 223 g/mol. The first kappa shape index (κ1) is 11.5. The minimum absolute atomic E-state index is 0.431. The molecule has 0 bridgehead atoms. The number of hydrogen-bond donors (Lipinski definition) is 1. The number of nitrogens with one attached hydrogen (secondary N) is 1. The molecule has 0 aliphatic heterocycles. The molecule has 1 N–H and O–H groups in total. The summed E-state index contributed by atoms with van der Waals surface area (Å²) in [6, 6.07) is 0.431. The fraction of sp³-hybridized carbons (Fsp3) is 0.909. The maximum absolute atomic E-state index is 4.09. The van der Waals surface area contributed by atoms with Gasteiger partial charge in [0.15, 0.2) is 5.82 Å². The summed E-state index contributed by atoms with van der Waals surface area (Å²) in [5, 5.41) is 15.3. The summed E-state index contributed by atoms with van der Waals surface area (Å²) in [6.45, 7) is 6.16. The van der Waals surface area contributed by atoms with Crippen LogP contribution in [0.2, 0.25) is 0 Å². The highest BCUT2D eigenvalue weighted by molar-refractivity contribution is 4.85. The Labute approximate surface area is 96.6 Å². The van der Waals surface area contributed by atoms with Gasteiger partial charge < -0.3 is 5.32 Å². The van der Waals surface area contributed by atoms with Crippen LogP contribution in [0.15, 0.2) is 0 Å². The van der Waals surface area contributed by atoms with Gasteiger partial charge in [-0.15, -0.1) is 5.10 Å². The van der Waals surface area contributed by atoms with Gasteiger partial charge in [-0.2, -0.15) is 0 Å². The summed E-state index contributed by atoms with van der Waals surface area (Å²) in [4.78, 5) is 0. The molecule has 90 valence electrons. The predicted molar refractivity (Wildman–Crippen MR) is 61.9 cm³/mol. The fourth-order valence-corrected chi connectivity index (χ4v) is 1.98. The van der Waals surface area contributed by atoms with Gasteiger partial charge in [0.25, 0.3) is 0 Å². The van der Waals surface area contributed by atoms with E-state index in [0.29, 0.717) is 6.04 Å². The highest BCUT2D eigenvalue weighted by Crippen LogP contribution is 2.36. The van der Waals surface area contributed by atoms with E-state index in [1.54, 1.807) is 0 Å². The summed E-state index contributed by atoms with van der Waals surface area (Å²) in [6.07, 6.45) is 5.12. The van der Waals surface area contributed by atoms with Crippen LogP contribution in [0.3, 0.4) is 0 Å². The van der Waals surface area contributed by atoms with Gasteiger partial charge in [0.05, 0.1) is 12.6 Å². The van der Waals surface area contributed by atoms with Gasteiger partial charge in [-0.3, -0.25) is 0 Å². The van der Waals surface area contributed by atoms with E-state index >= 15 is 0 Å². The summed E-state index contributed by atoms with van der Waals surface area (Å²) < 4.78 is 1.97. The van der Waals surface area contributed by atoms with Crippen molar-refractivity contribution in [1.82, 2.24) is 25.5 Å². The monoisotopic (exact) mass is 223 g/mol. The van der Waals surface area contributed by atoms with Crippen molar-refractivity contribution >= 4 is 0 Å². The zero-order valence-electron chi connectivity index (χ0n) is 10.2. The Balaban J connectivity index is 1.88. The quantitative estimate of drug-likeness (QED) is 0.712. The van der Waals surface area contributed by atoms with E-state index in [9.17, 15) is 0 Å². The third kappa shape index (κ3) is 3.01.